The third-order valence-electron chi connectivity index (χ3n) is 3.17. The minimum absolute atomic E-state index is 0.0352. The number of benzene rings is 2. The summed E-state index contributed by atoms with van der Waals surface area (Å²) in [5, 5.41) is 6.10. The molecule has 0 radical (unpaired) electrons. The molecular formula is C17H19BrN2O2. The Bertz CT molecular complexity index is 659. The number of carbonyl (C=O) groups is 1. The van der Waals surface area contributed by atoms with Crippen molar-refractivity contribution in [3.63, 3.8) is 0 Å². The van der Waals surface area contributed by atoms with Crippen molar-refractivity contribution in [1.82, 2.24) is 0 Å². The van der Waals surface area contributed by atoms with E-state index in [4.69, 9.17) is 4.74 Å². The summed E-state index contributed by atoms with van der Waals surface area (Å²) in [6.07, 6.45) is 0.373. The number of methoxy groups -OCH3 is 1. The maximum Gasteiger partial charge on any atom is 0.226 e. The molecule has 22 heavy (non-hydrogen) atoms. The van der Waals surface area contributed by atoms with E-state index in [0.717, 1.165) is 27.2 Å². The highest BCUT2D eigenvalue weighted by Gasteiger charge is 2.06. The lowest BCUT2D eigenvalue weighted by molar-refractivity contribution is -0.115. The molecule has 0 spiro atoms. The molecule has 2 N–H and O–H groups in total. The molecule has 5 heteroatoms. The van der Waals surface area contributed by atoms with Gasteiger partial charge in [0, 0.05) is 17.4 Å². The number of amides is 1. The fourth-order valence-corrected chi connectivity index (χ4v) is 2.63. The quantitative estimate of drug-likeness (QED) is 0.809. The van der Waals surface area contributed by atoms with Crippen molar-refractivity contribution in [3.05, 3.63) is 52.5 Å². The number of carbonyl (C=O) groups excluding carboxylic acids is 1. The van der Waals surface area contributed by atoms with Gasteiger partial charge in [-0.25, -0.2) is 0 Å². The first-order valence-corrected chi connectivity index (χ1v) is 7.82. The third kappa shape index (κ3) is 4.49. The van der Waals surface area contributed by atoms with Gasteiger partial charge in [-0.3, -0.25) is 4.79 Å². The highest BCUT2D eigenvalue weighted by Crippen LogP contribution is 2.24. The van der Waals surface area contributed by atoms with Gasteiger partial charge in [0.1, 0.15) is 5.75 Å². The van der Waals surface area contributed by atoms with Crippen LogP contribution in [0, 0.1) is 6.92 Å². The normalized spacial score (nSPS) is 10.1. The first kappa shape index (κ1) is 16.4. The molecule has 4 nitrogen and oxygen atoms in total. The molecule has 0 aliphatic carbocycles. The molecule has 0 saturated heterocycles. The summed E-state index contributed by atoms with van der Waals surface area (Å²) in [5.74, 6) is 0.733. The van der Waals surface area contributed by atoms with E-state index in [1.165, 1.54) is 0 Å². The standard InChI is InChI=1S/C17H19BrN2O2/c1-12-7-8-14(13(18)11-12)20-17(21)9-10-19-15-5-3-4-6-16(15)22-2/h3-8,11,19H,9-10H2,1-2H3,(H,20,21). The van der Waals surface area contributed by atoms with Crippen LogP contribution in [-0.2, 0) is 4.79 Å². The highest BCUT2D eigenvalue weighted by atomic mass is 79.9. The molecule has 0 aliphatic rings. The lowest BCUT2D eigenvalue weighted by Crippen LogP contribution is -2.16. The predicted molar refractivity (Wildman–Crippen MR) is 93.6 cm³/mol. The molecule has 0 fully saturated rings. The average Bonchev–Trinajstić information content (AvgIpc) is 2.50. The Balaban J connectivity index is 1.85. The fourth-order valence-electron chi connectivity index (χ4n) is 2.04. The zero-order valence-electron chi connectivity index (χ0n) is 12.7. The summed E-state index contributed by atoms with van der Waals surface area (Å²) in [6.45, 7) is 2.54. The Labute approximate surface area is 139 Å². The van der Waals surface area contributed by atoms with Gasteiger partial charge in [0.25, 0.3) is 0 Å². The number of ether oxygens (including phenoxy) is 1. The zero-order valence-corrected chi connectivity index (χ0v) is 14.2. The summed E-state index contributed by atoms with van der Waals surface area (Å²) in [6, 6.07) is 13.5. The van der Waals surface area contributed by atoms with E-state index >= 15 is 0 Å². The summed E-state index contributed by atoms with van der Waals surface area (Å²) < 4.78 is 6.14. The second-order valence-electron chi connectivity index (χ2n) is 4.91. The van der Waals surface area contributed by atoms with Crippen LogP contribution in [0.25, 0.3) is 0 Å². The number of halogens is 1. The van der Waals surface area contributed by atoms with Crippen molar-refractivity contribution in [2.75, 3.05) is 24.3 Å². The number of para-hydroxylation sites is 2. The SMILES string of the molecule is COc1ccccc1NCCC(=O)Nc1ccc(C)cc1Br. The van der Waals surface area contributed by atoms with E-state index in [1.54, 1.807) is 7.11 Å². The maximum absolute atomic E-state index is 12.0. The van der Waals surface area contributed by atoms with Crippen LogP contribution in [0.4, 0.5) is 11.4 Å². The number of hydrogen-bond donors (Lipinski definition) is 2. The van der Waals surface area contributed by atoms with Gasteiger partial charge in [-0.1, -0.05) is 18.2 Å². The zero-order chi connectivity index (χ0) is 15.9. The van der Waals surface area contributed by atoms with Crippen LogP contribution < -0.4 is 15.4 Å². The molecule has 0 aliphatic heterocycles. The molecule has 0 heterocycles. The van der Waals surface area contributed by atoms with Crippen molar-refractivity contribution in [2.45, 2.75) is 13.3 Å². The van der Waals surface area contributed by atoms with E-state index in [2.05, 4.69) is 26.6 Å². The molecule has 0 aromatic heterocycles. The van der Waals surface area contributed by atoms with Crippen LogP contribution in [0.2, 0.25) is 0 Å². The molecule has 2 rings (SSSR count). The van der Waals surface area contributed by atoms with Gasteiger partial charge in [-0.2, -0.15) is 0 Å². The monoisotopic (exact) mass is 362 g/mol. The first-order valence-electron chi connectivity index (χ1n) is 7.03. The van der Waals surface area contributed by atoms with E-state index in [9.17, 15) is 4.79 Å². The minimum atomic E-state index is -0.0352. The number of anilines is 2. The van der Waals surface area contributed by atoms with Gasteiger partial charge in [-0.05, 0) is 52.7 Å². The molecule has 116 valence electrons. The topological polar surface area (TPSA) is 50.4 Å². The Morgan fingerprint density at radius 3 is 2.68 bits per heavy atom. The highest BCUT2D eigenvalue weighted by molar-refractivity contribution is 9.10. The van der Waals surface area contributed by atoms with Crippen molar-refractivity contribution >= 4 is 33.2 Å². The number of hydrogen-bond acceptors (Lipinski definition) is 3. The number of nitrogens with one attached hydrogen (secondary N) is 2. The Hall–Kier alpha value is -2.01. The molecule has 0 saturated carbocycles. The number of aryl methyl sites for hydroxylation is 1. The van der Waals surface area contributed by atoms with Crippen LogP contribution in [0.1, 0.15) is 12.0 Å². The molecule has 0 unspecified atom stereocenters. The van der Waals surface area contributed by atoms with E-state index < -0.39 is 0 Å². The Kier molecular flexibility index (Phi) is 5.83. The van der Waals surface area contributed by atoms with Gasteiger partial charge in [-0.15, -0.1) is 0 Å². The first-order chi connectivity index (χ1) is 10.6. The molecule has 1 amide bonds. The lowest BCUT2D eigenvalue weighted by atomic mass is 10.2. The van der Waals surface area contributed by atoms with Gasteiger partial charge in [0.15, 0.2) is 0 Å². The van der Waals surface area contributed by atoms with Crippen LogP contribution in [0.3, 0.4) is 0 Å². The Morgan fingerprint density at radius 1 is 1.18 bits per heavy atom. The third-order valence-corrected chi connectivity index (χ3v) is 3.83. The van der Waals surface area contributed by atoms with Crippen LogP contribution in [0.15, 0.2) is 46.9 Å². The predicted octanol–water partition coefficient (Wildman–Crippen LogP) is 4.21. The molecule has 0 bridgehead atoms. The van der Waals surface area contributed by atoms with E-state index in [-0.39, 0.29) is 5.91 Å². The summed E-state index contributed by atoms with van der Waals surface area (Å²) in [5.41, 5.74) is 2.81. The second kappa shape index (κ2) is 7.84. The molecule has 0 atom stereocenters. The van der Waals surface area contributed by atoms with E-state index in [1.807, 2.05) is 49.4 Å². The van der Waals surface area contributed by atoms with Crippen molar-refractivity contribution in [2.24, 2.45) is 0 Å². The summed E-state index contributed by atoms with van der Waals surface area (Å²) in [7, 11) is 1.63. The average molecular weight is 363 g/mol. The molecule has 2 aromatic rings. The smallest absolute Gasteiger partial charge is 0.226 e. The maximum atomic E-state index is 12.0. The van der Waals surface area contributed by atoms with Gasteiger partial charge >= 0.3 is 0 Å². The fraction of sp³-hybridized carbons (Fsp3) is 0.235. The number of rotatable bonds is 6. The van der Waals surface area contributed by atoms with Crippen LogP contribution >= 0.6 is 15.9 Å². The van der Waals surface area contributed by atoms with E-state index in [0.29, 0.717) is 13.0 Å². The van der Waals surface area contributed by atoms with Gasteiger partial charge < -0.3 is 15.4 Å². The van der Waals surface area contributed by atoms with Crippen LogP contribution in [-0.4, -0.2) is 19.6 Å². The van der Waals surface area contributed by atoms with Crippen molar-refractivity contribution in [3.8, 4) is 5.75 Å². The largest absolute Gasteiger partial charge is 0.495 e. The van der Waals surface area contributed by atoms with Crippen molar-refractivity contribution in [1.29, 1.82) is 0 Å². The Morgan fingerprint density at radius 2 is 1.95 bits per heavy atom. The molecular weight excluding hydrogens is 344 g/mol. The molecule has 2 aromatic carbocycles. The lowest BCUT2D eigenvalue weighted by Gasteiger charge is -2.11. The minimum Gasteiger partial charge on any atom is -0.495 e. The van der Waals surface area contributed by atoms with Gasteiger partial charge in [0.05, 0.1) is 18.5 Å². The summed E-state index contributed by atoms with van der Waals surface area (Å²) >= 11 is 3.45. The van der Waals surface area contributed by atoms with Gasteiger partial charge in [0.2, 0.25) is 5.91 Å². The van der Waals surface area contributed by atoms with Crippen molar-refractivity contribution < 1.29 is 9.53 Å². The van der Waals surface area contributed by atoms with Crippen LogP contribution in [0.5, 0.6) is 5.75 Å². The second-order valence-corrected chi connectivity index (χ2v) is 5.76. The summed E-state index contributed by atoms with van der Waals surface area (Å²) in [4.78, 5) is 12.0.